The number of nitrogens with zero attached hydrogens (tertiary/aromatic N) is 2. The third kappa shape index (κ3) is 7.44. The minimum Gasteiger partial charge on any atom is -0.493 e. The molecule has 41 heavy (non-hydrogen) atoms. The first-order valence-corrected chi connectivity index (χ1v) is 14.9. The molecule has 0 unspecified atom stereocenters. The highest BCUT2D eigenvalue weighted by Crippen LogP contribution is 2.34. The van der Waals surface area contributed by atoms with Gasteiger partial charge in [-0.15, -0.1) is 0 Å². The maximum Gasteiger partial charge on any atom is 0.264 e. The number of anilines is 1. The molecule has 0 saturated heterocycles. The molecule has 3 rings (SSSR count). The average Bonchev–Trinajstić information content (AvgIpc) is 2.97. The highest BCUT2D eigenvalue weighted by Gasteiger charge is 2.34. The molecule has 12 heteroatoms. The third-order valence-electron chi connectivity index (χ3n) is 6.51. The van der Waals surface area contributed by atoms with Crippen molar-refractivity contribution in [1.82, 2.24) is 10.2 Å². The van der Waals surface area contributed by atoms with Crippen LogP contribution in [0.3, 0.4) is 0 Å². The van der Waals surface area contributed by atoms with Crippen LogP contribution >= 0.6 is 23.2 Å². The molecule has 0 bridgehead atoms. The number of carbonyl (C=O) groups excluding carboxylic acids is 2. The molecule has 9 nitrogen and oxygen atoms in total. The van der Waals surface area contributed by atoms with Crippen molar-refractivity contribution in [3.63, 3.8) is 0 Å². The first kappa shape index (κ1) is 32.0. The number of methoxy groups -OCH3 is 2. The molecule has 0 saturated carbocycles. The van der Waals surface area contributed by atoms with Crippen LogP contribution in [0.15, 0.2) is 65.6 Å². The van der Waals surface area contributed by atoms with Gasteiger partial charge in [-0.25, -0.2) is 8.42 Å². The van der Waals surface area contributed by atoms with Gasteiger partial charge in [0.25, 0.3) is 10.0 Å². The Bertz CT molecular complexity index is 1500. The van der Waals surface area contributed by atoms with Gasteiger partial charge in [0.1, 0.15) is 12.6 Å². The van der Waals surface area contributed by atoms with E-state index in [9.17, 15) is 18.0 Å². The van der Waals surface area contributed by atoms with Crippen molar-refractivity contribution in [2.45, 2.75) is 37.8 Å². The number of halogens is 2. The summed E-state index contributed by atoms with van der Waals surface area (Å²) in [6.45, 7) is 3.01. The molecule has 0 spiro atoms. The number of benzene rings is 3. The van der Waals surface area contributed by atoms with Crippen molar-refractivity contribution >= 4 is 50.7 Å². The van der Waals surface area contributed by atoms with Crippen molar-refractivity contribution in [1.29, 1.82) is 0 Å². The fraction of sp³-hybridized carbons (Fsp3) is 0.310. The first-order chi connectivity index (χ1) is 19.5. The summed E-state index contributed by atoms with van der Waals surface area (Å²) in [4.78, 5) is 28.2. The number of sulfonamides is 1. The smallest absolute Gasteiger partial charge is 0.264 e. The Hall–Kier alpha value is -3.47. The second kappa shape index (κ2) is 13.9. The van der Waals surface area contributed by atoms with Gasteiger partial charge in [0, 0.05) is 19.7 Å². The number of aryl methyl sites for hydroxylation is 1. The number of amides is 2. The van der Waals surface area contributed by atoms with Gasteiger partial charge in [-0.3, -0.25) is 13.9 Å². The Labute approximate surface area is 251 Å². The summed E-state index contributed by atoms with van der Waals surface area (Å²) >= 11 is 12.3. The number of carbonyl (C=O) groups is 2. The monoisotopic (exact) mass is 621 g/mol. The largest absolute Gasteiger partial charge is 0.493 e. The van der Waals surface area contributed by atoms with Crippen LogP contribution in [0, 0.1) is 6.92 Å². The fourth-order valence-electron chi connectivity index (χ4n) is 4.27. The van der Waals surface area contributed by atoms with Gasteiger partial charge in [-0.2, -0.15) is 0 Å². The molecule has 1 atom stereocenters. The Balaban J connectivity index is 2.12. The average molecular weight is 623 g/mol. The number of ether oxygens (including phenoxy) is 2. The molecule has 3 aromatic rings. The fourth-order valence-corrected chi connectivity index (χ4v) is 5.99. The molecule has 0 fully saturated rings. The number of likely N-dealkylation sites (N-methyl/N-ethyl adjacent to an activating group) is 1. The van der Waals surface area contributed by atoms with Crippen LogP contribution in [-0.2, 0) is 26.2 Å². The Kier molecular flexibility index (Phi) is 10.9. The molecule has 2 amide bonds. The molecule has 0 aliphatic heterocycles. The van der Waals surface area contributed by atoms with Gasteiger partial charge in [0.2, 0.25) is 11.8 Å². The van der Waals surface area contributed by atoms with Gasteiger partial charge in [0.05, 0.1) is 34.8 Å². The standard InChI is InChI=1S/C29H33Cl2N3O6S/c1-6-25(29(36)32-3)33(17-20-9-13-23(30)24(31)15-20)28(35)18-34(21-10-14-26(39-4)27(16-21)40-5)41(37,38)22-11-7-19(2)8-12-22/h7-16,25H,6,17-18H2,1-5H3,(H,32,36)/t25-/m1/s1. The van der Waals surface area contributed by atoms with Gasteiger partial charge in [-0.05, 0) is 55.3 Å². The Morgan fingerprint density at radius 3 is 2.15 bits per heavy atom. The lowest BCUT2D eigenvalue weighted by Crippen LogP contribution is -2.51. The van der Waals surface area contributed by atoms with Crippen LogP contribution < -0.4 is 19.1 Å². The molecular weight excluding hydrogens is 589 g/mol. The van der Waals surface area contributed by atoms with Crippen LogP contribution in [0.5, 0.6) is 11.5 Å². The van der Waals surface area contributed by atoms with E-state index >= 15 is 0 Å². The Morgan fingerprint density at radius 1 is 0.927 bits per heavy atom. The van der Waals surface area contributed by atoms with Crippen molar-refractivity contribution < 1.29 is 27.5 Å². The van der Waals surface area contributed by atoms with Crippen LogP contribution in [0.4, 0.5) is 5.69 Å². The van der Waals surface area contributed by atoms with Gasteiger partial charge < -0.3 is 19.7 Å². The predicted molar refractivity (Wildman–Crippen MR) is 160 cm³/mol. The van der Waals surface area contributed by atoms with Crippen molar-refractivity contribution in [3.05, 3.63) is 81.8 Å². The Morgan fingerprint density at radius 2 is 1.59 bits per heavy atom. The molecule has 0 aliphatic carbocycles. The van der Waals surface area contributed by atoms with E-state index < -0.39 is 28.5 Å². The molecule has 0 heterocycles. The molecule has 0 aromatic heterocycles. The molecule has 0 radical (unpaired) electrons. The van der Waals surface area contributed by atoms with E-state index in [-0.39, 0.29) is 35.2 Å². The predicted octanol–water partition coefficient (Wildman–Crippen LogP) is 5.07. The zero-order chi connectivity index (χ0) is 30.3. The summed E-state index contributed by atoms with van der Waals surface area (Å²) in [5, 5.41) is 3.22. The van der Waals surface area contributed by atoms with Gasteiger partial charge >= 0.3 is 0 Å². The summed E-state index contributed by atoms with van der Waals surface area (Å²) in [5.41, 5.74) is 1.68. The molecule has 3 aromatic carbocycles. The second-order valence-electron chi connectivity index (χ2n) is 9.17. The lowest BCUT2D eigenvalue weighted by Gasteiger charge is -2.33. The van der Waals surface area contributed by atoms with Crippen LogP contribution in [-0.4, -0.2) is 59.0 Å². The van der Waals surface area contributed by atoms with Gasteiger partial charge in [0.15, 0.2) is 11.5 Å². The lowest BCUT2D eigenvalue weighted by atomic mass is 10.1. The van der Waals surface area contributed by atoms with Crippen molar-refractivity contribution in [2.24, 2.45) is 0 Å². The maximum atomic E-state index is 14.0. The minimum atomic E-state index is -4.24. The number of hydrogen-bond acceptors (Lipinski definition) is 6. The van der Waals surface area contributed by atoms with E-state index in [0.717, 1.165) is 9.87 Å². The number of hydrogen-bond donors (Lipinski definition) is 1. The zero-order valence-electron chi connectivity index (χ0n) is 23.5. The maximum absolute atomic E-state index is 14.0. The zero-order valence-corrected chi connectivity index (χ0v) is 25.8. The molecular formula is C29H33Cl2N3O6S. The first-order valence-electron chi connectivity index (χ1n) is 12.7. The van der Waals surface area contributed by atoms with E-state index in [1.54, 1.807) is 43.3 Å². The van der Waals surface area contributed by atoms with Gasteiger partial charge in [-0.1, -0.05) is 53.9 Å². The van der Waals surface area contributed by atoms with E-state index in [1.807, 2.05) is 6.92 Å². The highest BCUT2D eigenvalue weighted by atomic mass is 35.5. The highest BCUT2D eigenvalue weighted by molar-refractivity contribution is 7.92. The SMILES string of the molecule is CC[C@H](C(=O)NC)N(Cc1ccc(Cl)c(Cl)c1)C(=O)CN(c1ccc(OC)c(OC)c1)S(=O)(=O)c1ccc(C)cc1. The van der Waals surface area contributed by atoms with Crippen LogP contribution in [0.2, 0.25) is 10.0 Å². The van der Waals surface area contributed by atoms with Crippen molar-refractivity contribution in [3.8, 4) is 11.5 Å². The number of nitrogens with one attached hydrogen (secondary N) is 1. The van der Waals surface area contributed by atoms with E-state index in [1.165, 1.54) is 50.4 Å². The van der Waals surface area contributed by atoms with E-state index in [2.05, 4.69) is 5.32 Å². The molecule has 220 valence electrons. The van der Waals surface area contributed by atoms with E-state index in [4.69, 9.17) is 32.7 Å². The third-order valence-corrected chi connectivity index (χ3v) is 9.04. The lowest BCUT2D eigenvalue weighted by molar-refractivity contribution is -0.140. The molecule has 1 N–H and O–H groups in total. The molecule has 0 aliphatic rings. The number of rotatable bonds is 12. The second-order valence-corrected chi connectivity index (χ2v) is 11.8. The van der Waals surface area contributed by atoms with Crippen LogP contribution in [0.1, 0.15) is 24.5 Å². The summed E-state index contributed by atoms with van der Waals surface area (Å²) in [5.74, 6) is -0.315. The van der Waals surface area contributed by atoms with Crippen molar-refractivity contribution in [2.75, 3.05) is 32.1 Å². The summed E-state index contributed by atoms with van der Waals surface area (Å²) in [6.07, 6.45) is 0.286. The summed E-state index contributed by atoms with van der Waals surface area (Å²) in [7, 11) is 0.135. The summed E-state index contributed by atoms with van der Waals surface area (Å²) < 4.78 is 39.7. The normalized spacial score (nSPS) is 11.9. The van der Waals surface area contributed by atoms with Crippen LogP contribution in [0.25, 0.3) is 0 Å². The quantitative estimate of drug-likeness (QED) is 0.303. The topological polar surface area (TPSA) is 105 Å². The summed E-state index contributed by atoms with van der Waals surface area (Å²) in [6, 6.07) is 14.9. The minimum absolute atomic E-state index is 0.0000562. The van der Waals surface area contributed by atoms with E-state index in [0.29, 0.717) is 21.4 Å².